The Kier molecular flexibility index (Phi) is 6.75. The number of amides is 2. The predicted octanol–water partition coefficient (Wildman–Crippen LogP) is 3.29. The summed E-state index contributed by atoms with van der Waals surface area (Å²) in [5.41, 5.74) is -0.680. The molecule has 2 amide bonds. The zero-order valence-corrected chi connectivity index (χ0v) is 15.3. The average Bonchev–Trinajstić information content (AvgIpc) is 2.84. The SMILES string of the molecule is CC(C)[C@H](CNC(=O)OC(C)(C)C)C(=O)Nc1nnc(C(F)(F)F)s1. The molecular weight excluding hydrogens is 361 g/mol. The van der Waals surface area contributed by atoms with E-state index >= 15 is 0 Å². The van der Waals surface area contributed by atoms with Crippen molar-refractivity contribution in [1.82, 2.24) is 15.5 Å². The molecule has 0 saturated heterocycles. The normalized spacial score (nSPS) is 13.5. The van der Waals surface area contributed by atoms with Crippen molar-refractivity contribution in [2.24, 2.45) is 11.8 Å². The molecule has 0 aliphatic rings. The molecule has 0 unspecified atom stereocenters. The lowest BCUT2D eigenvalue weighted by Gasteiger charge is -2.23. The molecule has 0 radical (unpaired) electrons. The molecule has 1 aromatic heterocycles. The number of carbonyl (C=O) groups is 2. The van der Waals surface area contributed by atoms with Crippen LogP contribution in [0, 0.1) is 11.8 Å². The quantitative estimate of drug-likeness (QED) is 0.815. The molecule has 142 valence electrons. The Morgan fingerprint density at radius 2 is 1.80 bits per heavy atom. The number of nitrogens with one attached hydrogen (secondary N) is 2. The van der Waals surface area contributed by atoms with Crippen LogP contribution in [0.1, 0.15) is 39.6 Å². The lowest BCUT2D eigenvalue weighted by molar-refractivity contribution is -0.138. The Balaban J connectivity index is 2.68. The third-order valence-electron chi connectivity index (χ3n) is 2.90. The smallest absolute Gasteiger partial charge is 0.444 e. The third kappa shape index (κ3) is 7.24. The van der Waals surface area contributed by atoms with E-state index in [1.165, 1.54) is 0 Å². The summed E-state index contributed by atoms with van der Waals surface area (Å²) in [6.45, 7) is 8.58. The van der Waals surface area contributed by atoms with Gasteiger partial charge in [0.05, 0.1) is 5.92 Å². The Hall–Kier alpha value is -1.91. The molecule has 0 spiro atoms. The van der Waals surface area contributed by atoms with Gasteiger partial charge in [-0.05, 0) is 26.7 Å². The van der Waals surface area contributed by atoms with Crippen molar-refractivity contribution in [3.05, 3.63) is 5.01 Å². The van der Waals surface area contributed by atoms with Crippen LogP contribution in [0.3, 0.4) is 0 Å². The summed E-state index contributed by atoms with van der Waals surface area (Å²) >= 11 is 0.238. The van der Waals surface area contributed by atoms with E-state index in [1.54, 1.807) is 34.6 Å². The fourth-order valence-corrected chi connectivity index (χ4v) is 2.34. The summed E-state index contributed by atoms with van der Waals surface area (Å²) in [5.74, 6) is -1.41. The molecule has 25 heavy (non-hydrogen) atoms. The van der Waals surface area contributed by atoms with Gasteiger partial charge in [-0.15, -0.1) is 10.2 Å². The lowest BCUT2D eigenvalue weighted by atomic mass is 9.95. The minimum absolute atomic E-state index is 0.0245. The Bertz CT molecular complexity index is 611. The van der Waals surface area contributed by atoms with Gasteiger partial charge in [0.25, 0.3) is 0 Å². The summed E-state index contributed by atoms with van der Waals surface area (Å²) in [5, 5.41) is 9.70. The van der Waals surface area contributed by atoms with E-state index in [0.29, 0.717) is 0 Å². The first kappa shape index (κ1) is 21.1. The molecule has 0 saturated carbocycles. The van der Waals surface area contributed by atoms with Crippen LogP contribution in [0.15, 0.2) is 0 Å². The summed E-state index contributed by atoms with van der Waals surface area (Å²) in [4.78, 5) is 23.9. The number of halogens is 3. The average molecular weight is 382 g/mol. The maximum atomic E-state index is 12.5. The highest BCUT2D eigenvalue weighted by atomic mass is 32.1. The van der Waals surface area contributed by atoms with Gasteiger partial charge in [-0.3, -0.25) is 4.79 Å². The van der Waals surface area contributed by atoms with Gasteiger partial charge in [-0.2, -0.15) is 13.2 Å². The highest BCUT2D eigenvalue weighted by molar-refractivity contribution is 7.15. The number of alkyl carbamates (subject to hydrolysis) is 1. The highest BCUT2D eigenvalue weighted by Gasteiger charge is 2.36. The molecule has 0 aliphatic heterocycles. The van der Waals surface area contributed by atoms with E-state index in [0.717, 1.165) is 0 Å². The van der Waals surface area contributed by atoms with Crippen molar-refractivity contribution in [1.29, 1.82) is 0 Å². The molecule has 0 fully saturated rings. The third-order valence-corrected chi connectivity index (χ3v) is 3.79. The van der Waals surface area contributed by atoms with Crippen LogP contribution in [0.4, 0.5) is 23.1 Å². The van der Waals surface area contributed by atoms with Gasteiger partial charge < -0.3 is 15.4 Å². The number of carbonyl (C=O) groups excluding carboxylic acids is 2. The van der Waals surface area contributed by atoms with E-state index in [4.69, 9.17) is 4.74 Å². The number of hydrogen-bond donors (Lipinski definition) is 2. The van der Waals surface area contributed by atoms with Crippen molar-refractivity contribution >= 4 is 28.5 Å². The summed E-state index contributed by atoms with van der Waals surface area (Å²) < 4.78 is 42.6. The Morgan fingerprint density at radius 3 is 2.24 bits per heavy atom. The van der Waals surface area contributed by atoms with Crippen LogP contribution in [0.5, 0.6) is 0 Å². The number of anilines is 1. The predicted molar refractivity (Wildman–Crippen MR) is 86.1 cm³/mol. The molecule has 0 aliphatic carbocycles. The maximum absolute atomic E-state index is 12.5. The van der Waals surface area contributed by atoms with Crippen molar-refractivity contribution in [2.75, 3.05) is 11.9 Å². The van der Waals surface area contributed by atoms with Gasteiger partial charge >= 0.3 is 12.3 Å². The van der Waals surface area contributed by atoms with Crippen molar-refractivity contribution in [2.45, 2.75) is 46.4 Å². The number of aromatic nitrogens is 2. The van der Waals surface area contributed by atoms with E-state index in [1.807, 2.05) is 0 Å². The maximum Gasteiger partial charge on any atom is 0.445 e. The lowest BCUT2D eigenvalue weighted by Crippen LogP contribution is -2.40. The zero-order valence-electron chi connectivity index (χ0n) is 14.5. The number of hydrogen-bond acceptors (Lipinski definition) is 6. The van der Waals surface area contributed by atoms with Gasteiger partial charge in [0.1, 0.15) is 5.60 Å². The molecule has 7 nitrogen and oxygen atoms in total. The molecular formula is C14H21F3N4O3S. The molecule has 1 atom stereocenters. The van der Waals surface area contributed by atoms with Gasteiger partial charge in [-0.1, -0.05) is 25.2 Å². The standard InChI is InChI=1S/C14H21F3N4O3S/c1-7(2)8(6-18-12(23)24-13(3,4)5)9(22)19-11-21-20-10(25-11)14(15,16)17/h7-8H,6H2,1-5H3,(H,18,23)(H,19,21,22)/t8-/m0/s1. The summed E-state index contributed by atoms with van der Waals surface area (Å²) in [7, 11) is 0. The number of nitrogens with zero attached hydrogens (tertiary/aromatic N) is 2. The molecule has 1 heterocycles. The molecule has 0 aromatic carbocycles. The molecule has 0 bridgehead atoms. The number of rotatable bonds is 5. The van der Waals surface area contributed by atoms with E-state index in [2.05, 4.69) is 20.8 Å². The van der Waals surface area contributed by atoms with Crippen LogP contribution in [0.2, 0.25) is 0 Å². The van der Waals surface area contributed by atoms with Gasteiger partial charge in [-0.25, -0.2) is 4.79 Å². The van der Waals surface area contributed by atoms with Crippen LogP contribution in [0.25, 0.3) is 0 Å². The first-order valence-electron chi connectivity index (χ1n) is 7.48. The highest BCUT2D eigenvalue weighted by Crippen LogP contribution is 2.33. The minimum Gasteiger partial charge on any atom is -0.444 e. The van der Waals surface area contributed by atoms with Crippen molar-refractivity contribution in [3.63, 3.8) is 0 Å². The van der Waals surface area contributed by atoms with E-state index in [9.17, 15) is 22.8 Å². The van der Waals surface area contributed by atoms with Gasteiger partial charge in [0, 0.05) is 6.54 Å². The van der Waals surface area contributed by atoms with Gasteiger partial charge in [0.2, 0.25) is 16.0 Å². The Morgan fingerprint density at radius 1 is 1.20 bits per heavy atom. The fraction of sp³-hybridized carbons (Fsp3) is 0.714. The monoisotopic (exact) mass is 382 g/mol. The van der Waals surface area contributed by atoms with Gasteiger partial charge in [0.15, 0.2) is 0 Å². The second-order valence-corrected chi connectivity index (χ2v) is 7.61. The topological polar surface area (TPSA) is 93.2 Å². The van der Waals surface area contributed by atoms with Crippen LogP contribution >= 0.6 is 11.3 Å². The van der Waals surface area contributed by atoms with E-state index in [-0.39, 0.29) is 28.9 Å². The number of alkyl halides is 3. The molecule has 1 aromatic rings. The summed E-state index contributed by atoms with van der Waals surface area (Å²) in [6.07, 6.45) is -5.29. The van der Waals surface area contributed by atoms with E-state index < -0.39 is 34.7 Å². The minimum atomic E-state index is -4.61. The largest absolute Gasteiger partial charge is 0.445 e. The second kappa shape index (κ2) is 7.98. The van der Waals surface area contributed by atoms with Crippen molar-refractivity contribution in [3.8, 4) is 0 Å². The first-order chi connectivity index (χ1) is 11.3. The second-order valence-electron chi connectivity index (χ2n) is 6.63. The Labute approximate surface area is 147 Å². The molecule has 11 heteroatoms. The fourth-order valence-electron chi connectivity index (χ4n) is 1.73. The van der Waals surface area contributed by atoms with Crippen molar-refractivity contribution < 1.29 is 27.5 Å². The van der Waals surface area contributed by atoms with Crippen LogP contribution in [-0.2, 0) is 15.7 Å². The molecule has 1 rings (SSSR count). The first-order valence-corrected chi connectivity index (χ1v) is 8.29. The number of ether oxygens (including phenoxy) is 1. The molecule has 2 N–H and O–H groups in total. The van der Waals surface area contributed by atoms with Crippen LogP contribution < -0.4 is 10.6 Å². The van der Waals surface area contributed by atoms with Crippen LogP contribution in [-0.4, -0.2) is 34.3 Å². The zero-order chi connectivity index (χ0) is 19.4. The summed E-state index contributed by atoms with van der Waals surface area (Å²) in [6, 6.07) is 0.